The van der Waals surface area contributed by atoms with Crippen LogP contribution in [-0.2, 0) is 19.2 Å². The maximum Gasteiger partial charge on any atom is 0.263 e. The van der Waals surface area contributed by atoms with Gasteiger partial charge in [0.1, 0.15) is 35.4 Å². The second-order valence-corrected chi connectivity index (χ2v) is 17.1. The average Bonchev–Trinajstić information content (AvgIpc) is 3.82. The van der Waals surface area contributed by atoms with Crippen molar-refractivity contribution in [2.24, 2.45) is 0 Å². The number of para-hydroxylation sites is 1. The molecule has 5 aromatic rings. The van der Waals surface area contributed by atoms with Gasteiger partial charge >= 0.3 is 0 Å². The number of nitrogens with one attached hydrogen (secondary N) is 1. The number of nitrogens with two attached hydrogens (primary N) is 1. The van der Waals surface area contributed by atoms with E-state index in [2.05, 4.69) is 20.2 Å². The minimum atomic E-state index is -1.06. The van der Waals surface area contributed by atoms with Crippen LogP contribution in [0.2, 0.25) is 0 Å². The Kier molecular flexibility index (Phi) is 11.9. The number of piperidine rings is 2. The smallest absolute Gasteiger partial charge is 0.263 e. The van der Waals surface area contributed by atoms with Crippen molar-refractivity contribution in [2.75, 3.05) is 57.3 Å². The van der Waals surface area contributed by atoms with Crippen molar-refractivity contribution in [3.63, 3.8) is 0 Å². The standard InChI is InChI=1S/C45H46N10O7S/c46-41-39-40(28-13-15-31(16-14-28)62-30-8-2-1-3-9-30)50-55(42(39)48-27-47-41)29-7-5-20-53(25-29)36(57)12-6-19-51-21-23-52(24-22-51)37(58)26-63-34-11-4-10-32-38(34)45(61)54(44(32)60)33-17-18-35(56)49-43(33)59/h1-4,8-11,13-16,27,29,33H,5-7,12,17-26H2,(H2,46,47,48)(H,49,56,59). The molecule has 0 radical (unpaired) electrons. The number of carbonyl (C=O) groups excluding carboxylic acids is 6. The van der Waals surface area contributed by atoms with E-state index in [0.717, 1.165) is 35.6 Å². The van der Waals surface area contributed by atoms with Crippen LogP contribution in [0.4, 0.5) is 5.82 Å². The predicted molar refractivity (Wildman–Crippen MR) is 233 cm³/mol. The summed E-state index contributed by atoms with van der Waals surface area (Å²) in [6.45, 7) is 4.34. The van der Waals surface area contributed by atoms with E-state index in [4.69, 9.17) is 15.6 Å². The van der Waals surface area contributed by atoms with E-state index >= 15 is 0 Å². The summed E-state index contributed by atoms with van der Waals surface area (Å²) in [4.78, 5) is 94.0. The van der Waals surface area contributed by atoms with Crippen molar-refractivity contribution in [3.8, 4) is 22.8 Å². The molecule has 2 aromatic heterocycles. The van der Waals surface area contributed by atoms with Gasteiger partial charge in [-0.05, 0) is 80.8 Å². The molecule has 0 saturated carbocycles. The predicted octanol–water partition coefficient (Wildman–Crippen LogP) is 4.15. The highest BCUT2D eigenvalue weighted by atomic mass is 32.2. The summed E-state index contributed by atoms with van der Waals surface area (Å²) in [5.41, 5.74) is 8.94. The quantitative estimate of drug-likeness (QED) is 0.134. The normalized spacial score (nSPS) is 19.4. The van der Waals surface area contributed by atoms with Gasteiger partial charge in [0, 0.05) is 62.6 Å². The molecule has 4 aliphatic rings. The summed E-state index contributed by atoms with van der Waals surface area (Å²) < 4.78 is 7.89. The molecule has 2 atom stereocenters. The number of imide groups is 2. The Morgan fingerprint density at radius 1 is 0.825 bits per heavy atom. The highest BCUT2D eigenvalue weighted by Gasteiger charge is 2.45. The van der Waals surface area contributed by atoms with Gasteiger partial charge in [0.2, 0.25) is 23.6 Å². The van der Waals surface area contributed by atoms with Crippen molar-refractivity contribution < 1.29 is 33.5 Å². The molecule has 324 valence electrons. The number of aromatic nitrogens is 4. The van der Waals surface area contributed by atoms with Gasteiger partial charge in [-0.15, -0.1) is 11.8 Å². The van der Waals surface area contributed by atoms with Gasteiger partial charge in [-0.3, -0.25) is 43.9 Å². The molecule has 0 spiro atoms. The van der Waals surface area contributed by atoms with Crippen LogP contribution < -0.4 is 15.8 Å². The molecule has 17 nitrogen and oxygen atoms in total. The first-order valence-electron chi connectivity index (χ1n) is 21.2. The highest BCUT2D eigenvalue weighted by molar-refractivity contribution is 8.00. The fraction of sp³-hybridized carbons (Fsp3) is 0.356. The topological polar surface area (TPSA) is 206 Å². The molecule has 3 fully saturated rings. The summed E-state index contributed by atoms with van der Waals surface area (Å²) in [6.07, 6.45) is 4.31. The zero-order valence-corrected chi connectivity index (χ0v) is 35.3. The van der Waals surface area contributed by atoms with Gasteiger partial charge in [0.15, 0.2) is 5.65 Å². The molecule has 0 aliphatic carbocycles. The number of anilines is 1. The van der Waals surface area contributed by atoms with Crippen molar-refractivity contribution in [1.29, 1.82) is 0 Å². The van der Waals surface area contributed by atoms with E-state index in [-0.39, 0.29) is 47.6 Å². The number of fused-ring (bicyclic) bond motifs is 2. The van der Waals surface area contributed by atoms with Crippen LogP contribution in [0.3, 0.4) is 0 Å². The third-order valence-electron chi connectivity index (χ3n) is 12.1. The molecule has 18 heteroatoms. The Labute approximate surface area is 366 Å². The van der Waals surface area contributed by atoms with Gasteiger partial charge in [0.05, 0.1) is 28.3 Å². The lowest BCUT2D eigenvalue weighted by Crippen LogP contribution is -2.54. The number of rotatable bonds is 12. The number of amides is 6. The number of carbonyl (C=O) groups is 6. The fourth-order valence-electron chi connectivity index (χ4n) is 8.81. The molecular formula is C45H46N10O7S. The van der Waals surface area contributed by atoms with Crippen molar-refractivity contribution in [1.82, 2.24) is 44.7 Å². The molecule has 6 heterocycles. The molecule has 3 aromatic carbocycles. The van der Waals surface area contributed by atoms with E-state index in [1.54, 1.807) is 23.1 Å². The molecule has 3 saturated heterocycles. The number of thioether (sulfide) groups is 1. The Morgan fingerprint density at radius 3 is 2.38 bits per heavy atom. The Bertz CT molecular complexity index is 2600. The Hall–Kier alpha value is -6.66. The van der Waals surface area contributed by atoms with E-state index < -0.39 is 29.7 Å². The molecule has 6 amide bonds. The van der Waals surface area contributed by atoms with Crippen LogP contribution in [0.5, 0.6) is 11.5 Å². The maximum atomic E-state index is 13.6. The number of ether oxygens (including phenoxy) is 1. The van der Waals surface area contributed by atoms with Crippen molar-refractivity contribution >= 4 is 64.1 Å². The zero-order valence-electron chi connectivity index (χ0n) is 34.5. The first kappa shape index (κ1) is 41.7. The Balaban J connectivity index is 0.750. The van der Waals surface area contributed by atoms with E-state index in [0.29, 0.717) is 85.3 Å². The van der Waals surface area contributed by atoms with Gasteiger partial charge in [-0.25, -0.2) is 14.6 Å². The maximum absolute atomic E-state index is 13.6. The molecule has 63 heavy (non-hydrogen) atoms. The summed E-state index contributed by atoms with van der Waals surface area (Å²) >= 11 is 1.19. The minimum absolute atomic E-state index is 0.0371. The van der Waals surface area contributed by atoms with Crippen LogP contribution in [0.15, 0.2) is 84.0 Å². The highest BCUT2D eigenvalue weighted by Crippen LogP contribution is 2.36. The van der Waals surface area contributed by atoms with Gasteiger partial charge < -0.3 is 20.3 Å². The molecular weight excluding hydrogens is 825 g/mol. The molecule has 3 N–H and O–H groups in total. The van der Waals surface area contributed by atoms with Crippen LogP contribution in [-0.4, -0.2) is 132 Å². The second kappa shape index (κ2) is 18.0. The van der Waals surface area contributed by atoms with Crippen LogP contribution in [0, 0.1) is 0 Å². The molecule has 4 aliphatic heterocycles. The number of nitrogen functional groups attached to an aromatic ring is 1. The number of hydrogen-bond donors (Lipinski definition) is 2. The molecule has 9 rings (SSSR count). The zero-order chi connectivity index (χ0) is 43.6. The first-order valence-corrected chi connectivity index (χ1v) is 22.2. The first-order chi connectivity index (χ1) is 30.6. The van der Waals surface area contributed by atoms with E-state index in [1.165, 1.54) is 18.1 Å². The third kappa shape index (κ3) is 8.60. The molecule has 0 bridgehead atoms. The lowest BCUT2D eigenvalue weighted by molar-refractivity contribution is -0.136. The molecule has 2 unspecified atom stereocenters. The lowest BCUT2D eigenvalue weighted by atomic mass is 10.0. The van der Waals surface area contributed by atoms with Gasteiger partial charge in [0.25, 0.3) is 11.8 Å². The summed E-state index contributed by atoms with van der Waals surface area (Å²) in [7, 11) is 0. The summed E-state index contributed by atoms with van der Waals surface area (Å²) in [5.74, 6) is -0.408. The van der Waals surface area contributed by atoms with E-state index in [9.17, 15) is 28.8 Å². The minimum Gasteiger partial charge on any atom is -0.457 e. The number of nitrogens with zero attached hydrogens (tertiary/aromatic N) is 8. The van der Waals surface area contributed by atoms with Gasteiger partial charge in [-0.1, -0.05) is 24.3 Å². The monoisotopic (exact) mass is 870 g/mol. The van der Waals surface area contributed by atoms with Crippen LogP contribution in [0.1, 0.15) is 65.3 Å². The Morgan fingerprint density at radius 2 is 1.60 bits per heavy atom. The largest absolute Gasteiger partial charge is 0.457 e. The SMILES string of the molecule is Nc1ncnc2c1c(-c1ccc(Oc3ccccc3)cc1)nn2C1CCCN(C(=O)CCCN2CCN(C(=O)CSc3cccc4c3C(=O)N(C3CCC(=O)NC3=O)C4=O)CC2)C1. The van der Waals surface area contributed by atoms with Crippen molar-refractivity contribution in [3.05, 3.63) is 90.3 Å². The van der Waals surface area contributed by atoms with Crippen LogP contribution in [0.25, 0.3) is 22.3 Å². The number of benzene rings is 3. The third-order valence-corrected chi connectivity index (χ3v) is 13.1. The summed E-state index contributed by atoms with van der Waals surface area (Å²) in [5, 5.41) is 7.92. The fourth-order valence-corrected chi connectivity index (χ4v) is 9.78. The number of likely N-dealkylation sites (tertiary alicyclic amines) is 1. The second-order valence-electron chi connectivity index (χ2n) is 16.1. The number of hydrogen-bond acceptors (Lipinski definition) is 13. The van der Waals surface area contributed by atoms with E-state index in [1.807, 2.05) is 64.2 Å². The van der Waals surface area contributed by atoms with Crippen molar-refractivity contribution in [2.45, 2.75) is 55.5 Å². The average molecular weight is 871 g/mol. The lowest BCUT2D eigenvalue weighted by Gasteiger charge is -2.35. The summed E-state index contributed by atoms with van der Waals surface area (Å²) in [6, 6.07) is 21.0. The van der Waals surface area contributed by atoms with Crippen LogP contribution >= 0.6 is 11.8 Å². The van der Waals surface area contributed by atoms with Gasteiger partial charge in [-0.2, -0.15) is 5.10 Å². The number of piperazine rings is 1.